The summed E-state index contributed by atoms with van der Waals surface area (Å²) in [5.41, 5.74) is 4.21. The molecule has 112 valence electrons. The zero-order valence-electron chi connectivity index (χ0n) is 13.7. The molecule has 21 heavy (non-hydrogen) atoms. The lowest BCUT2D eigenvalue weighted by Crippen LogP contribution is -2.36. The van der Waals surface area contributed by atoms with Gasteiger partial charge in [-0.3, -0.25) is 0 Å². The van der Waals surface area contributed by atoms with E-state index in [0.29, 0.717) is 6.04 Å². The van der Waals surface area contributed by atoms with Crippen molar-refractivity contribution in [2.75, 3.05) is 11.4 Å². The van der Waals surface area contributed by atoms with Crippen LogP contribution in [0.25, 0.3) is 0 Å². The Hall–Kier alpha value is -1.77. The third-order valence-electron chi connectivity index (χ3n) is 4.44. The first-order valence-corrected chi connectivity index (χ1v) is 7.74. The van der Waals surface area contributed by atoms with Crippen LogP contribution in [-0.4, -0.2) is 16.1 Å². The molecule has 1 atom stereocenters. The largest absolute Gasteiger partial charge is 0.364 e. The Balaban J connectivity index is 1.86. The van der Waals surface area contributed by atoms with E-state index in [1.165, 1.54) is 16.9 Å². The predicted molar refractivity (Wildman–Crippen MR) is 87.9 cm³/mol. The highest BCUT2D eigenvalue weighted by Crippen LogP contribution is 2.29. The predicted octanol–water partition coefficient (Wildman–Crippen LogP) is 4.07. The number of nitrogens with zero attached hydrogens (tertiary/aromatic N) is 3. The molecule has 1 aromatic carbocycles. The van der Waals surface area contributed by atoms with Crippen molar-refractivity contribution in [1.29, 1.82) is 0 Å². The second kappa shape index (κ2) is 4.90. The van der Waals surface area contributed by atoms with Gasteiger partial charge in [0.25, 0.3) is 0 Å². The maximum absolute atomic E-state index is 4.46. The Morgan fingerprint density at radius 1 is 1.14 bits per heavy atom. The van der Waals surface area contributed by atoms with Crippen LogP contribution in [0.5, 0.6) is 0 Å². The Labute approximate surface area is 127 Å². The van der Waals surface area contributed by atoms with Crippen LogP contribution < -0.4 is 4.90 Å². The first-order valence-electron chi connectivity index (χ1n) is 7.74. The highest BCUT2D eigenvalue weighted by atomic mass is 15.2. The quantitative estimate of drug-likeness (QED) is 0.786. The number of hydrogen-bond acceptors (Lipinski definition) is 2. The molecule has 0 radical (unpaired) electrons. The molecule has 0 N–H and O–H groups in total. The van der Waals surface area contributed by atoms with Crippen LogP contribution >= 0.6 is 0 Å². The first-order chi connectivity index (χ1) is 9.86. The summed E-state index contributed by atoms with van der Waals surface area (Å²) in [5, 5.41) is 0. The van der Waals surface area contributed by atoms with Crippen LogP contribution in [0.15, 0.2) is 30.5 Å². The summed E-state index contributed by atoms with van der Waals surface area (Å²) in [6.07, 6.45) is 2.02. The van der Waals surface area contributed by atoms with Crippen LogP contribution in [-0.2, 0) is 12.0 Å². The lowest BCUT2D eigenvalue weighted by atomic mass is 9.87. The molecule has 1 aliphatic heterocycles. The van der Waals surface area contributed by atoms with Gasteiger partial charge in [0.2, 0.25) is 0 Å². The van der Waals surface area contributed by atoms with Gasteiger partial charge in [0.15, 0.2) is 0 Å². The summed E-state index contributed by atoms with van der Waals surface area (Å²) in [5.74, 6) is 1.13. The molecule has 0 bridgehead atoms. The van der Waals surface area contributed by atoms with E-state index in [0.717, 1.165) is 18.9 Å². The minimum atomic E-state index is 0.212. The Kier molecular flexibility index (Phi) is 3.31. The fourth-order valence-electron chi connectivity index (χ4n) is 3.25. The molecule has 3 rings (SSSR count). The molecule has 0 amide bonds. The van der Waals surface area contributed by atoms with Gasteiger partial charge in [-0.15, -0.1) is 0 Å². The second-order valence-corrected chi connectivity index (χ2v) is 7.19. The molecule has 0 saturated heterocycles. The summed E-state index contributed by atoms with van der Waals surface area (Å²) < 4.78 is 2.36. The van der Waals surface area contributed by atoms with Crippen molar-refractivity contribution in [3.63, 3.8) is 0 Å². The highest BCUT2D eigenvalue weighted by molar-refractivity contribution is 5.49. The number of aryl methyl sites for hydroxylation is 1. The van der Waals surface area contributed by atoms with E-state index in [-0.39, 0.29) is 5.41 Å². The highest BCUT2D eigenvalue weighted by Gasteiger charge is 2.24. The van der Waals surface area contributed by atoms with E-state index in [9.17, 15) is 0 Å². The summed E-state index contributed by atoms with van der Waals surface area (Å²) in [4.78, 5) is 6.91. The van der Waals surface area contributed by atoms with Gasteiger partial charge in [-0.25, -0.2) is 4.98 Å². The van der Waals surface area contributed by atoms with Crippen LogP contribution in [0, 0.1) is 6.92 Å². The van der Waals surface area contributed by atoms with E-state index in [1.807, 2.05) is 6.20 Å². The molecule has 2 aromatic rings. The molecule has 3 heteroatoms. The van der Waals surface area contributed by atoms with Crippen LogP contribution in [0.3, 0.4) is 0 Å². The number of rotatable bonds is 1. The van der Waals surface area contributed by atoms with Gasteiger partial charge in [-0.1, -0.05) is 32.9 Å². The summed E-state index contributed by atoms with van der Waals surface area (Å²) in [7, 11) is 0. The number of anilines is 1. The normalized spacial score (nSPS) is 18.7. The van der Waals surface area contributed by atoms with Crippen LogP contribution in [0.2, 0.25) is 0 Å². The summed E-state index contributed by atoms with van der Waals surface area (Å²) >= 11 is 0. The van der Waals surface area contributed by atoms with E-state index < -0.39 is 0 Å². The zero-order valence-corrected chi connectivity index (χ0v) is 13.7. The number of aromatic nitrogens is 2. The van der Waals surface area contributed by atoms with Crippen molar-refractivity contribution in [3.05, 3.63) is 47.5 Å². The van der Waals surface area contributed by atoms with Crippen LogP contribution in [0.1, 0.15) is 50.8 Å². The molecule has 3 nitrogen and oxygen atoms in total. The van der Waals surface area contributed by atoms with Crippen molar-refractivity contribution < 1.29 is 0 Å². The molecule has 1 unspecified atom stereocenters. The molecule has 0 aliphatic carbocycles. The Morgan fingerprint density at radius 3 is 2.43 bits per heavy atom. The SMILES string of the molecule is Cc1ncc2n1C(C)CN(c1ccc(C(C)(C)C)cc1)C2. The van der Waals surface area contributed by atoms with E-state index in [1.54, 1.807) is 0 Å². The minimum absolute atomic E-state index is 0.212. The maximum atomic E-state index is 4.46. The lowest BCUT2D eigenvalue weighted by Gasteiger charge is -2.35. The maximum Gasteiger partial charge on any atom is 0.106 e. The van der Waals surface area contributed by atoms with E-state index >= 15 is 0 Å². The molecule has 1 aromatic heterocycles. The lowest BCUT2D eigenvalue weighted by molar-refractivity contribution is 0.461. The van der Waals surface area contributed by atoms with Crippen molar-refractivity contribution in [2.45, 2.75) is 52.6 Å². The van der Waals surface area contributed by atoms with Gasteiger partial charge in [-0.05, 0) is 37.0 Å². The second-order valence-electron chi connectivity index (χ2n) is 7.19. The van der Waals surface area contributed by atoms with Crippen molar-refractivity contribution in [1.82, 2.24) is 9.55 Å². The van der Waals surface area contributed by atoms with Gasteiger partial charge >= 0.3 is 0 Å². The van der Waals surface area contributed by atoms with Gasteiger partial charge in [-0.2, -0.15) is 0 Å². The number of hydrogen-bond donors (Lipinski definition) is 0. The fraction of sp³-hybridized carbons (Fsp3) is 0.500. The van der Waals surface area contributed by atoms with Gasteiger partial charge in [0, 0.05) is 18.3 Å². The topological polar surface area (TPSA) is 21.1 Å². The molecule has 0 saturated carbocycles. The van der Waals surface area contributed by atoms with Gasteiger partial charge in [0.1, 0.15) is 5.82 Å². The standard InChI is InChI=1S/C18H25N3/c1-13-11-20(12-17-10-19-14(2)21(13)17)16-8-6-15(7-9-16)18(3,4)5/h6-10,13H,11-12H2,1-5H3. The average Bonchev–Trinajstić information content (AvgIpc) is 2.80. The van der Waals surface area contributed by atoms with Crippen LogP contribution in [0.4, 0.5) is 5.69 Å². The molecule has 0 spiro atoms. The number of fused-ring (bicyclic) bond motifs is 1. The average molecular weight is 283 g/mol. The first kappa shape index (κ1) is 14.2. The van der Waals surface area contributed by atoms with Gasteiger partial charge in [0.05, 0.1) is 18.4 Å². The fourth-order valence-corrected chi connectivity index (χ4v) is 3.25. The van der Waals surface area contributed by atoms with Crippen molar-refractivity contribution in [3.8, 4) is 0 Å². The third kappa shape index (κ3) is 2.57. The molecule has 0 fully saturated rings. The van der Waals surface area contributed by atoms with E-state index in [2.05, 4.69) is 73.3 Å². The Bertz CT molecular complexity index is 631. The molecule has 1 aliphatic rings. The van der Waals surface area contributed by atoms with Crippen molar-refractivity contribution in [2.24, 2.45) is 0 Å². The summed E-state index contributed by atoms with van der Waals surface area (Å²) in [6, 6.07) is 9.51. The molecular weight excluding hydrogens is 258 g/mol. The number of imidazole rings is 1. The third-order valence-corrected chi connectivity index (χ3v) is 4.44. The Morgan fingerprint density at radius 2 is 1.81 bits per heavy atom. The van der Waals surface area contributed by atoms with Crippen molar-refractivity contribution >= 4 is 5.69 Å². The smallest absolute Gasteiger partial charge is 0.106 e. The summed E-state index contributed by atoms with van der Waals surface area (Å²) in [6.45, 7) is 13.1. The monoisotopic (exact) mass is 283 g/mol. The van der Waals surface area contributed by atoms with Gasteiger partial charge < -0.3 is 9.47 Å². The minimum Gasteiger partial charge on any atom is -0.364 e. The molecule has 2 heterocycles. The van der Waals surface area contributed by atoms with E-state index in [4.69, 9.17) is 0 Å². The zero-order chi connectivity index (χ0) is 15.2. The molecular formula is C18H25N3. The number of benzene rings is 1.